The number of benzene rings is 3. The molecule has 1 radical (unpaired) electrons. The van der Waals surface area contributed by atoms with Crippen molar-refractivity contribution in [1.82, 2.24) is 47.8 Å². The van der Waals surface area contributed by atoms with Gasteiger partial charge in [-0.15, -0.1) is 0 Å². The fourth-order valence-electron chi connectivity index (χ4n) is 11.7. The molecule has 89 heavy (non-hydrogen) atoms. The van der Waals surface area contributed by atoms with Crippen molar-refractivity contribution in [1.29, 1.82) is 0 Å². The Bertz CT molecular complexity index is 3920. The summed E-state index contributed by atoms with van der Waals surface area (Å²) < 4.78 is 16.7. The van der Waals surface area contributed by atoms with E-state index in [9.17, 15) is 19.2 Å². The van der Waals surface area contributed by atoms with E-state index in [2.05, 4.69) is 196 Å². The summed E-state index contributed by atoms with van der Waals surface area (Å²) in [6, 6.07) is 24.4. The average molecular weight is 1990 g/mol. The molecule has 0 bridgehead atoms. The summed E-state index contributed by atoms with van der Waals surface area (Å²) in [5.41, 5.74) is 8.41. The zero-order chi connectivity index (χ0) is 63.0. The minimum atomic E-state index is -0.278. The first-order chi connectivity index (χ1) is 42.4. The molecule has 0 fully saturated rings. The van der Waals surface area contributed by atoms with E-state index in [-0.39, 0.29) is 70.3 Å². The Labute approximate surface area is 612 Å². The van der Waals surface area contributed by atoms with Crippen LogP contribution in [0.2, 0.25) is 0 Å². The summed E-state index contributed by atoms with van der Waals surface area (Å²) in [6.07, 6.45) is 25.5. The van der Waals surface area contributed by atoms with Gasteiger partial charge in [0.25, 0.3) is 0 Å². The molecule has 13 rings (SSSR count). The third-order valence-corrected chi connectivity index (χ3v) is 17.4. The van der Waals surface area contributed by atoms with Crippen molar-refractivity contribution >= 4 is 173 Å². The van der Waals surface area contributed by atoms with E-state index in [1.165, 1.54) is 5.69 Å². The van der Waals surface area contributed by atoms with Gasteiger partial charge in [0.1, 0.15) is 23.3 Å². The van der Waals surface area contributed by atoms with Crippen molar-refractivity contribution in [2.45, 2.75) is 105 Å². The number of H-pyrrole nitrogens is 1. The van der Waals surface area contributed by atoms with E-state index >= 15 is 0 Å². The number of aryl methyl sites for hydroxylation is 6. The van der Waals surface area contributed by atoms with Gasteiger partial charge in [-0.05, 0) is 119 Å². The molecule has 0 saturated carbocycles. The van der Waals surface area contributed by atoms with Gasteiger partial charge in [0.2, 0.25) is 0 Å². The molecule has 0 amide bonds. The number of hydrogen-bond donors (Lipinski definition) is 2. The van der Waals surface area contributed by atoms with Crippen molar-refractivity contribution < 1.29 is 56.9 Å². The maximum Gasteiger partial charge on any atom is 0 e. The van der Waals surface area contributed by atoms with Crippen LogP contribution in [-0.4, -0.2) is 78.0 Å². The third-order valence-electron chi connectivity index (χ3n) is 16.4. The third kappa shape index (κ3) is 20.0. The number of nitrogens with one attached hydrogen (secondary N) is 2. The number of aromatic nitrogens is 10. The minimum Gasteiger partial charge on any atom is 0 e. The Kier molecular flexibility index (Phi) is 30.2. The number of aromatic amines is 1. The van der Waals surface area contributed by atoms with Gasteiger partial charge >= 0.3 is 114 Å². The van der Waals surface area contributed by atoms with Crippen LogP contribution in [0.25, 0.3) is 21.8 Å². The predicted octanol–water partition coefficient (Wildman–Crippen LogP) is 16.1. The number of para-hydroxylation sites is 3. The fourth-order valence-corrected chi connectivity index (χ4v) is 12.2. The van der Waals surface area contributed by atoms with Gasteiger partial charge in [-0.2, -0.15) is 0 Å². The number of fused-ring (bicyclic) bond motifs is 6. The standard InChI is InChI=1S/C18H19N3O.C17H18IN3O.C17H17N3O.C12H16N2O2.5HI.3V/c1-12-19-9-10-21(12)11-13-7-8-16-17(18(13)22)14-5-3-4-6-15(14)20(16)2;1-12-19-8-9-21(12)11-13-6-7-14(10-17(13)22)20-16-5-3-2-4-15(16)18;1-11-18-8-9-20(11)10-12-6-7-15-16(17(12)21)13-4-2-3-5-14(13)19-15;1-9-13-5-6-14(9)8-10-3-4-11(16-2)7-12(10)15;;;;;;;;/h3-6,9-10,13H,7-8,11H2,1-2H3;2-5,8-10,13,20H,6-7,11H2,1H3;2-5,8-9,12,19H,6-7,10H2,1H3;5-7,10H,3-4,8H2,1-2H3;5*1H;;;/q;;;;;;;;;;+2;+3/p-5. The Balaban J connectivity index is 0.000000163. The van der Waals surface area contributed by atoms with Crippen LogP contribution < -0.4 is 5.32 Å². The molecule has 3 aromatic carbocycles. The van der Waals surface area contributed by atoms with Crippen LogP contribution in [0.5, 0.6) is 0 Å². The molecule has 4 atom stereocenters. The molecule has 468 valence electrons. The van der Waals surface area contributed by atoms with Crippen molar-refractivity contribution in [2.24, 2.45) is 30.7 Å². The second-order valence-corrected chi connectivity index (χ2v) is 70.1. The number of ketones is 4. The number of ether oxygens (including phenoxy) is 1. The van der Waals surface area contributed by atoms with Crippen molar-refractivity contribution in [2.75, 3.05) is 12.4 Å². The van der Waals surface area contributed by atoms with Crippen LogP contribution in [0.15, 0.2) is 146 Å². The zero-order valence-corrected chi connectivity index (χ0v) is 67.3. The predicted molar refractivity (Wildman–Crippen MR) is 393 cm³/mol. The maximum absolute atomic E-state index is 13.0. The van der Waals surface area contributed by atoms with Crippen LogP contribution >= 0.6 is 122 Å². The van der Waals surface area contributed by atoms with Gasteiger partial charge in [0.05, 0.1) is 18.6 Å². The molecule has 4 aliphatic rings. The number of hydrogen-bond acceptors (Lipinski definition) is 10. The van der Waals surface area contributed by atoms with Crippen LogP contribution in [0.3, 0.4) is 0 Å². The summed E-state index contributed by atoms with van der Waals surface area (Å²) >= 11 is 14.4. The molecule has 0 saturated heterocycles. The van der Waals surface area contributed by atoms with Crippen LogP contribution in [0.4, 0.5) is 5.69 Å². The molecule has 25 heteroatoms. The summed E-state index contributed by atoms with van der Waals surface area (Å²) in [4.78, 5) is 70.1. The second-order valence-electron chi connectivity index (χ2n) is 21.7. The number of carbonyl (C=O) groups excluding carboxylic acids is 4. The van der Waals surface area contributed by atoms with Crippen molar-refractivity contribution in [3.63, 3.8) is 0 Å². The fraction of sp³-hybridized carbons (Fsp3) is 0.344. The quantitative estimate of drug-likeness (QED) is 0.118. The Morgan fingerprint density at radius 2 is 1.03 bits per heavy atom. The molecule has 4 unspecified atom stereocenters. The molecular weight excluding hydrogens is 1920 g/mol. The largest absolute Gasteiger partial charge is 0 e. The smallest absolute Gasteiger partial charge is 0 e. The number of methoxy groups -OCH3 is 1. The van der Waals surface area contributed by atoms with Gasteiger partial charge < -0.3 is 37.9 Å². The van der Waals surface area contributed by atoms with Gasteiger partial charge in [-0.1, -0.05) is 48.5 Å². The van der Waals surface area contributed by atoms with E-state index in [1.54, 1.807) is 44.0 Å². The number of imidazole rings is 4. The Morgan fingerprint density at radius 1 is 0.596 bits per heavy atom. The normalized spacial score (nSPS) is 17.5. The molecule has 6 heterocycles. The molecule has 6 aromatic heterocycles. The molecule has 0 spiro atoms. The average Bonchev–Trinajstić information content (AvgIpc) is 1.73. The molecular formula is C64H70I6N11O5V3. The van der Waals surface area contributed by atoms with Gasteiger partial charge in [0.15, 0.2) is 23.1 Å². The number of halogens is 6. The molecule has 0 aliphatic heterocycles. The van der Waals surface area contributed by atoms with E-state index in [0.717, 1.165) is 160 Å². The zero-order valence-electron chi connectivity index (χ0n) is 50.2. The Hall–Kier alpha value is -2.53. The van der Waals surface area contributed by atoms with Crippen LogP contribution in [-0.2, 0) is 93.3 Å². The van der Waals surface area contributed by atoms with E-state index < -0.39 is 0 Å². The number of Topliss-reactive ketones (excluding diaryl/α,β-unsaturated/α-hetero) is 2. The molecule has 2 N–H and O–H groups in total. The first-order valence-corrected chi connectivity index (χ1v) is 52.4. The number of nitrogens with zero attached hydrogens (tertiary/aromatic N) is 9. The minimum absolute atomic E-state index is 0. The molecule has 4 aliphatic carbocycles. The SMILES string of the molecule is COC1=CC(=O)C(Cn2ccnc2C)CC1.Cc1nccn1CC1CCC(Nc2ccccc2I)=CC1=O.Cc1nccn1CC1CCc2[nH]c3ccccc3c2C1=O.Cc1nccn1CC1CCc2c(c3ccccc3n2C)C1=O.[I][V]([I])[I].[I][V][I].[V]. The van der Waals surface area contributed by atoms with Gasteiger partial charge in [-0.3, -0.25) is 19.2 Å². The number of anilines is 1. The number of allylic oxidation sites excluding steroid dienone is 4. The van der Waals surface area contributed by atoms with Crippen LogP contribution in [0, 0.1) is 54.9 Å². The van der Waals surface area contributed by atoms with E-state index in [0.29, 0.717) is 9.47 Å². The molecule has 9 aromatic rings. The summed E-state index contributed by atoms with van der Waals surface area (Å²) in [5.74, 6) is 5.76. The summed E-state index contributed by atoms with van der Waals surface area (Å²) in [5, 5.41) is 5.54. The maximum atomic E-state index is 13.0. The first kappa shape index (κ1) is 73.9. The first-order valence-electron chi connectivity index (χ1n) is 28.8. The van der Waals surface area contributed by atoms with Crippen LogP contribution in [0.1, 0.15) is 93.9 Å². The van der Waals surface area contributed by atoms with E-state index in [1.807, 2.05) is 112 Å². The number of carbonyl (C=O) groups is 4. The van der Waals surface area contributed by atoms with Crippen molar-refractivity contribution in [3.8, 4) is 0 Å². The van der Waals surface area contributed by atoms with Crippen molar-refractivity contribution in [3.05, 3.63) is 195 Å². The van der Waals surface area contributed by atoms with Gasteiger partial charge in [-0.25, -0.2) is 19.9 Å². The summed E-state index contributed by atoms with van der Waals surface area (Å²) in [7, 11) is 4.30. The topological polar surface area (TPSA) is 182 Å². The van der Waals surface area contributed by atoms with Gasteiger partial charge in [0, 0.05) is 197 Å². The van der Waals surface area contributed by atoms with E-state index in [4.69, 9.17) is 4.74 Å². The Morgan fingerprint density at radius 3 is 1.53 bits per heavy atom. The molecule has 16 nitrogen and oxygen atoms in total. The number of rotatable bonds is 11. The monoisotopic (exact) mass is 1990 g/mol. The second kappa shape index (κ2) is 36.4. The summed E-state index contributed by atoms with van der Waals surface area (Å²) in [6.45, 7) is 10.8.